The number of ether oxygens (including phenoxy) is 1. The molecule has 0 bridgehead atoms. The van der Waals surface area contributed by atoms with Crippen molar-refractivity contribution in [2.45, 2.75) is 45.1 Å². The van der Waals surface area contributed by atoms with Gasteiger partial charge in [-0.05, 0) is 37.0 Å². The van der Waals surface area contributed by atoms with Crippen molar-refractivity contribution in [2.75, 3.05) is 7.11 Å². The topological polar surface area (TPSA) is 35.2 Å². The van der Waals surface area contributed by atoms with Gasteiger partial charge in [0.15, 0.2) is 0 Å². The Morgan fingerprint density at radius 3 is 2.67 bits per heavy atom. The maximum Gasteiger partial charge on any atom is 0.123 e. The smallest absolute Gasteiger partial charge is 0.123 e. The predicted molar refractivity (Wildman–Crippen MR) is 78.9 cm³/mol. The molecular formula is C15H22BrNO. The first-order valence-electron chi connectivity index (χ1n) is 6.71. The molecule has 0 radical (unpaired) electrons. The Hall–Kier alpha value is -0.540. The summed E-state index contributed by atoms with van der Waals surface area (Å²) in [5, 5.41) is 0. The zero-order chi connectivity index (χ0) is 13.1. The normalized spacial score (nSPS) is 18.0. The van der Waals surface area contributed by atoms with Gasteiger partial charge in [0.1, 0.15) is 5.75 Å². The average Bonchev–Trinajstić information content (AvgIpc) is 2.84. The van der Waals surface area contributed by atoms with E-state index in [4.69, 9.17) is 10.5 Å². The van der Waals surface area contributed by atoms with Crippen LogP contribution in [0.2, 0.25) is 0 Å². The van der Waals surface area contributed by atoms with Crippen LogP contribution in [-0.2, 0) is 0 Å². The first kappa shape index (κ1) is 13.9. The molecule has 1 aromatic rings. The lowest BCUT2D eigenvalue weighted by Gasteiger charge is -2.20. The van der Waals surface area contributed by atoms with Crippen molar-refractivity contribution >= 4 is 15.9 Å². The standard InChI is InChI=1S/C15H22BrNO/c1-10-7-15(18-2)12(9-13(10)16)14(17)8-11-5-3-4-6-11/h7,9,11,14H,3-6,8,17H2,1-2H3. The Kier molecular flexibility index (Phi) is 4.68. The molecule has 1 unspecified atom stereocenters. The van der Waals surface area contributed by atoms with Crippen LogP contribution in [0.4, 0.5) is 0 Å². The molecule has 0 aliphatic heterocycles. The van der Waals surface area contributed by atoms with E-state index in [-0.39, 0.29) is 6.04 Å². The Morgan fingerprint density at radius 2 is 2.06 bits per heavy atom. The maximum atomic E-state index is 6.37. The number of aryl methyl sites for hydroxylation is 1. The molecule has 100 valence electrons. The van der Waals surface area contributed by atoms with Crippen molar-refractivity contribution in [3.8, 4) is 5.75 Å². The summed E-state index contributed by atoms with van der Waals surface area (Å²) in [7, 11) is 1.72. The number of halogens is 1. The number of nitrogens with two attached hydrogens (primary N) is 1. The van der Waals surface area contributed by atoms with Crippen LogP contribution in [0.1, 0.15) is 49.3 Å². The molecule has 2 N–H and O–H groups in total. The quantitative estimate of drug-likeness (QED) is 0.897. The molecule has 0 aromatic heterocycles. The van der Waals surface area contributed by atoms with E-state index >= 15 is 0 Å². The van der Waals surface area contributed by atoms with E-state index in [1.165, 1.54) is 31.2 Å². The third-order valence-electron chi connectivity index (χ3n) is 3.97. The highest BCUT2D eigenvalue weighted by Crippen LogP contribution is 2.36. The zero-order valence-corrected chi connectivity index (χ0v) is 12.8. The molecule has 1 aromatic carbocycles. The van der Waals surface area contributed by atoms with Crippen LogP contribution in [0.25, 0.3) is 0 Å². The predicted octanol–water partition coefficient (Wildman–Crippen LogP) is 4.35. The van der Waals surface area contributed by atoms with Gasteiger partial charge in [-0.15, -0.1) is 0 Å². The van der Waals surface area contributed by atoms with Crippen LogP contribution in [0, 0.1) is 12.8 Å². The summed E-state index contributed by atoms with van der Waals surface area (Å²) < 4.78 is 6.58. The highest BCUT2D eigenvalue weighted by molar-refractivity contribution is 9.10. The molecule has 1 aliphatic carbocycles. The molecule has 1 fully saturated rings. The fourth-order valence-electron chi connectivity index (χ4n) is 2.87. The monoisotopic (exact) mass is 311 g/mol. The van der Waals surface area contributed by atoms with Gasteiger partial charge in [-0.1, -0.05) is 41.6 Å². The lowest BCUT2D eigenvalue weighted by Crippen LogP contribution is -2.15. The van der Waals surface area contributed by atoms with Gasteiger partial charge >= 0.3 is 0 Å². The maximum absolute atomic E-state index is 6.37. The molecule has 3 heteroatoms. The van der Waals surface area contributed by atoms with E-state index in [0.717, 1.165) is 28.1 Å². The zero-order valence-electron chi connectivity index (χ0n) is 11.2. The van der Waals surface area contributed by atoms with Crippen molar-refractivity contribution in [3.05, 3.63) is 27.7 Å². The van der Waals surface area contributed by atoms with Crippen LogP contribution in [0.5, 0.6) is 5.75 Å². The van der Waals surface area contributed by atoms with Gasteiger partial charge in [-0.2, -0.15) is 0 Å². The van der Waals surface area contributed by atoms with Gasteiger partial charge in [0.2, 0.25) is 0 Å². The Morgan fingerprint density at radius 1 is 1.39 bits per heavy atom. The first-order valence-corrected chi connectivity index (χ1v) is 7.50. The molecular weight excluding hydrogens is 290 g/mol. The summed E-state index contributed by atoms with van der Waals surface area (Å²) in [5.41, 5.74) is 8.68. The van der Waals surface area contributed by atoms with Crippen molar-refractivity contribution < 1.29 is 4.74 Å². The summed E-state index contributed by atoms with van der Waals surface area (Å²) >= 11 is 3.58. The van der Waals surface area contributed by atoms with Crippen molar-refractivity contribution in [1.29, 1.82) is 0 Å². The van der Waals surface area contributed by atoms with Gasteiger partial charge in [-0.25, -0.2) is 0 Å². The Bertz CT molecular complexity index is 413. The molecule has 0 saturated heterocycles. The molecule has 0 heterocycles. The van der Waals surface area contributed by atoms with Gasteiger partial charge < -0.3 is 10.5 Å². The largest absolute Gasteiger partial charge is 0.496 e. The van der Waals surface area contributed by atoms with Crippen molar-refractivity contribution in [1.82, 2.24) is 0 Å². The van der Waals surface area contributed by atoms with E-state index in [1.54, 1.807) is 7.11 Å². The summed E-state index contributed by atoms with van der Waals surface area (Å²) in [6.07, 6.45) is 6.48. The van der Waals surface area contributed by atoms with E-state index in [2.05, 4.69) is 35.0 Å². The molecule has 18 heavy (non-hydrogen) atoms. The second-order valence-corrected chi connectivity index (χ2v) is 6.19. The second-order valence-electron chi connectivity index (χ2n) is 5.34. The van der Waals surface area contributed by atoms with E-state index in [1.807, 2.05) is 0 Å². The minimum absolute atomic E-state index is 0.0833. The van der Waals surface area contributed by atoms with Gasteiger partial charge in [0.25, 0.3) is 0 Å². The summed E-state index contributed by atoms with van der Waals surface area (Å²) in [6.45, 7) is 2.07. The van der Waals surface area contributed by atoms with Crippen LogP contribution in [0.3, 0.4) is 0 Å². The lowest BCUT2D eigenvalue weighted by molar-refractivity contribution is 0.393. The van der Waals surface area contributed by atoms with Gasteiger partial charge in [-0.3, -0.25) is 0 Å². The molecule has 0 spiro atoms. The molecule has 2 rings (SSSR count). The van der Waals surface area contributed by atoms with Crippen LogP contribution in [-0.4, -0.2) is 7.11 Å². The van der Waals surface area contributed by atoms with E-state index < -0.39 is 0 Å². The van der Waals surface area contributed by atoms with Crippen LogP contribution in [0.15, 0.2) is 16.6 Å². The minimum atomic E-state index is 0.0833. The SMILES string of the molecule is COc1cc(C)c(Br)cc1C(N)CC1CCCC1. The van der Waals surface area contributed by atoms with Crippen LogP contribution >= 0.6 is 15.9 Å². The number of methoxy groups -OCH3 is 1. The number of rotatable bonds is 4. The molecule has 1 saturated carbocycles. The van der Waals surface area contributed by atoms with Crippen LogP contribution < -0.4 is 10.5 Å². The average molecular weight is 312 g/mol. The molecule has 1 aliphatic rings. The summed E-state index contributed by atoms with van der Waals surface area (Å²) in [5.74, 6) is 1.71. The van der Waals surface area contributed by atoms with Gasteiger partial charge in [0, 0.05) is 16.1 Å². The number of benzene rings is 1. The first-order chi connectivity index (χ1) is 8.61. The number of hydrogen-bond donors (Lipinski definition) is 1. The third-order valence-corrected chi connectivity index (χ3v) is 4.83. The fourth-order valence-corrected chi connectivity index (χ4v) is 3.23. The molecule has 0 amide bonds. The minimum Gasteiger partial charge on any atom is -0.496 e. The summed E-state index contributed by atoms with van der Waals surface area (Å²) in [4.78, 5) is 0. The Balaban J connectivity index is 2.17. The summed E-state index contributed by atoms with van der Waals surface area (Å²) in [6, 6.07) is 4.27. The van der Waals surface area contributed by atoms with E-state index in [0.29, 0.717) is 0 Å². The number of hydrogen-bond acceptors (Lipinski definition) is 2. The molecule has 2 nitrogen and oxygen atoms in total. The van der Waals surface area contributed by atoms with Gasteiger partial charge in [0.05, 0.1) is 7.11 Å². The molecule has 1 atom stereocenters. The lowest BCUT2D eigenvalue weighted by atomic mass is 9.93. The highest BCUT2D eigenvalue weighted by Gasteiger charge is 2.21. The highest BCUT2D eigenvalue weighted by atomic mass is 79.9. The van der Waals surface area contributed by atoms with Crippen molar-refractivity contribution in [2.24, 2.45) is 11.7 Å². The fraction of sp³-hybridized carbons (Fsp3) is 0.600. The van der Waals surface area contributed by atoms with Crippen molar-refractivity contribution in [3.63, 3.8) is 0 Å². The second kappa shape index (κ2) is 6.07. The van der Waals surface area contributed by atoms with E-state index in [9.17, 15) is 0 Å². The third kappa shape index (κ3) is 3.07. The Labute approximate surface area is 118 Å².